The average Bonchev–Trinajstić information content (AvgIpc) is 3.04. The maximum Gasteiger partial charge on any atom is 0.228 e. The second kappa shape index (κ2) is 6.98. The summed E-state index contributed by atoms with van der Waals surface area (Å²) in [5.74, 6) is 0.175. The van der Waals surface area contributed by atoms with Gasteiger partial charge in [0, 0.05) is 37.8 Å². The van der Waals surface area contributed by atoms with Gasteiger partial charge in [0.05, 0.1) is 17.8 Å². The summed E-state index contributed by atoms with van der Waals surface area (Å²) in [6.45, 7) is 6.80. The van der Waals surface area contributed by atoms with Crippen LogP contribution in [0.4, 0.5) is 0 Å². The van der Waals surface area contributed by atoms with E-state index in [1.54, 1.807) is 17.5 Å². The molecule has 2 aromatic rings. The Morgan fingerprint density at radius 1 is 1.27 bits per heavy atom. The molecule has 0 aromatic carbocycles. The zero-order valence-corrected chi connectivity index (χ0v) is 13.6. The topological polar surface area (TPSA) is 49.3 Å². The van der Waals surface area contributed by atoms with Crippen LogP contribution in [0.1, 0.15) is 12.6 Å². The number of amides is 1. The van der Waals surface area contributed by atoms with Crippen LogP contribution < -0.4 is 0 Å². The largest absolute Gasteiger partial charge is 0.340 e. The van der Waals surface area contributed by atoms with Crippen molar-refractivity contribution in [2.75, 3.05) is 32.7 Å². The smallest absolute Gasteiger partial charge is 0.228 e. The lowest BCUT2D eigenvalue weighted by Gasteiger charge is -2.34. The first-order chi connectivity index (χ1) is 10.8. The Kier molecular flexibility index (Phi) is 4.80. The van der Waals surface area contributed by atoms with E-state index < -0.39 is 0 Å². The lowest BCUT2D eigenvalue weighted by molar-refractivity contribution is -0.132. The number of rotatable bonds is 4. The van der Waals surface area contributed by atoms with Crippen molar-refractivity contribution in [2.45, 2.75) is 13.3 Å². The van der Waals surface area contributed by atoms with Crippen molar-refractivity contribution in [2.24, 2.45) is 0 Å². The van der Waals surface area contributed by atoms with E-state index in [1.807, 2.05) is 28.5 Å². The molecule has 1 saturated heterocycles. The number of pyridine rings is 1. The minimum absolute atomic E-state index is 0.175. The van der Waals surface area contributed by atoms with Crippen LogP contribution in [0, 0.1) is 0 Å². The standard InChI is InChI=1S/C16H20N4OS/c1-2-19-7-9-20(10-8-19)15(21)11-13-12-22-16(18-13)14-5-3-4-6-17-14/h3-6,12H,2,7-11H2,1H3. The van der Waals surface area contributed by atoms with E-state index in [2.05, 4.69) is 21.8 Å². The van der Waals surface area contributed by atoms with E-state index in [4.69, 9.17) is 0 Å². The van der Waals surface area contributed by atoms with E-state index in [-0.39, 0.29) is 5.91 Å². The van der Waals surface area contributed by atoms with Gasteiger partial charge in [-0.1, -0.05) is 13.0 Å². The van der Waals surface area contributed by atoms with Gasteiger partial charge < -0.3 is 9.80 Å². The van der Waals surface area contributed by atoms with Gasteiger partial charge in [-0.05, 0) is 18.7 Å². The number of carbonyl (C=O) groups excluding carboxylic acids is 1. The lowest BCUT2D eigenvalue weighted by atomic mass is 10.2. The van der Waals surface area contributed by atoms with Crippen LogP contribution in [-0.4, -0.2) is 58.4 Å². The first-order valence-electron chi connectivity index (χ1n) is 7.62. The molecule has 1 amide bonds. The summed E-state index contributed by atoms with van der Waals surface area (Å²) in [5.41, 5.74) is 1.70. The molecule has 6 heteroatoms. The third kappa shape index (κ3) is 3.51. The molecule has 0 N–H and O–H groups in total. The van der Waals surface area contributed by atoms with Gasteiger partial charge in [-0.15, -0.1) is 11.3 Å². The van der Waals surface area contributed by atoms with E-state index >= 15 is 0 Å². The Morgan fingerprint density at radius 3 is 2.77 bits per heavy atom. The molecule has 0 atom stereocenters. The summed E-state index contributed by atoms with van der Waals surface area (Å²) in [4.78, 5) is 25.5. The van der Waals surface area contributed by atoms with Gasteiger partial charge in [-0.25, -0.2) is 4.98 Å². The summed E-state index contributed by atoms with van der Waals surface area (Å²) in [5, 5.41) is 2.84. The first-order valence-corrected chi connectivity index (χ1v) is 8.50. The van der Waals surface area contributed by atoms with Gasteiger partial charge in [0.2, 0.25) is 5.91 Å². The normalized spacial score (nSPS) is 16.0. The maximum atomic E-state index is 12.4. The molecule has 0 saturated carbocycles. The van der Waals surface area contributed by atoms with Crippen LogP contribution in [0.3, 0.4) is 0 Å². The first kappa shape index (κ1) is 15.1. The molecule has 5 nitrogen and oxygen atoms in total. The van der Waals surface area contributed by atoms with E-state index in [0.29, 0.717) is 6.42 Å². The Hall–Kier alpha value is -1.79. The third-order valence-corrected chi connectivity index (χ3v) is 4.85. The van der Waals surface area contributed by atoms with Gasteiger partial charge in [0.1, 0.15) is 5.01 Å². The van der Waals surface area contributed by atoms with Crippen LogP contribution in [0.2, 0.25) is 0 Å². The molecule has 3 heterocycles. The summed E-state index contributed by atoms with van der Waals surface area (Å²) in [6, 6.07) is 5.77. The molecule has 0 radical (unpaired) electrons. The highest BCUT2D eigenvalue weighted by atomic mass is 32.1. The molecule has 116 valence electrons. The molecule has 3 rings (SSSR count). The highest BCUT2D eigenvalue weighted by Gasteiger charge is 2.21. The van der Waals surface area contributed by atoms with E-state index in [9.17, 15) is 4.79 Å². The quantitative estimate of drug-likeness (QED) is 0.864. The SMILES string of the molecule is CCN1CCN(C(=O)Cc2csc(-c3ccccn3)n2)CC1. The van der Waals surface area contributed by atoms with Gasteiger partial charge in [-0.2, -0.15) is 0 Å². The number of nitrogens with zero attached hydrogens (tertiary/aromatic N) is 4. The number of thiazole rings is 1. The summed E-state index contributed by atoms with van der Waals surface area (Å²) >= 11 is 1.54. The van der Waals surface area contributed by atoms with Crippen LogP contribution in [-0.2, 0) is 11.2 Å². The molecule has 1 fully saturated rings. The Labute approximate surface area is 134 Å². The molecule has 0 bridgehead atoms. The van der Waals surface area contributed by atoms with Gasteiger partial charge >= 0.3 is 0 Å². The minimum atomic E-state index is 0.175. The number of aromatic nitrogens is 2. The number of piperazine rings is 1. The molecule has 2 aromatic heterocycles. The fourth-order valence-corrected chi connectivity index (χ4v) is 3.37. The number of likely N-dealkylation sites (N-methyl/N-ethyl adjacent to an activating group) is 1. The minimum Gasteiger partial charge on any atom is -0.340 e. The Morgan fingerprint density at radius 2 is 2.09 bits per heavy atom. The number of carbonyl (C=O) groups is 1. The summed E-state index contributed by atoms with van der Waals surface area (Å²) in [6.07, 6.45) is 2.14. The van der Waals surface area contributed by atoms with E-state index in [0.717, 1.165) is 49.1 Å². The Bertz CT molecular complexity index is 620. The molecular formula is C16H20N4OS. The highest BCUT2D eigenvalue weighted by Crippen LogP contribution is 2.21. The number of hydrogen-bond acceptors (Lipinski definition) is 5. The zero-order chi connectivity index (χ0) is 15.4. The second-order valence-electron chi connectivity index (χ2n) is 5.35. The van der Waals surface area contributed by atoms with Crippen molar-refractivity contribution < 1.29 is 4.79 Å². The predicted molar refractivity (Wildman–Crippen MR) is 87.7 cm³/mol. The van der Waals surface area contributed by atoms with E-state index in [1.165, 1.54) is 0 Å². The second-order valence-corrected chi connectivity index (χ2v) is 6.21. The average molecular weight is 316 g/mol. The van der Waals surface area contributed by atoms with Gasteiger partial charge in [-0.3, -0.25) is 9.78 Å². The van der Waals surface area contributed by atoms with Crippen molar-refractivity contribution in [3.05, 3.63) is 35.5 Å². The number of hydrogen-bond donors (Lipinski definition) is 0. The molecule has 0 aliphatic carbocycles. The van der Waals surface area contributed by atoms with Gasteiger partial charge in [0.15, 0.2) is 0 Å². The summed E-state index contributed by atoms with van der Waals surface area (Å²) in [7, 11) is 0. The molecule has 0 spiro atoms. The molecule has 1 aliphatic heterocycles. The van der Waals surface area contributed by atoms with Crippen molar-refractivity contribution in [1.82, 2.24) is 19.8 Å². The predicted octanol–water partition coefficient (Wildman–Crippen LogP) is 1.91. The molecule has 1 aliphatic rings. The van der Waals surface area contributed by atoms with Gasteiger partial charge in [0.25, 0.3) is 0 Å². The maximum absolute atomic E-state index is 12.4. The third-order valence-electron chi connectivity index (χ3n) is 3.94. The monoisotopic (exact) mass is 316 g/mol. The fraction of sp³-hybridized carbons (Fsp3) is 0.438. The molecule has 22 heavy (non-hydrogen) atoms. The van der Waals surface area contributed by atoms with Crippen LogP contribution in [0.25, 0.3) is 10.7 Å². The van der Waals surface area contributed by atoms with Crippen molar-refractivity contribution >= 4 is 17.2 Å². The fourth-order valence-electron chi connectivity index (χ4n) is 2.58. The molecule has 0 unspecified atom stereocenters. The highest BCUT2D eigenvalue weighted by molar-refractivity contribution is 7.13. The molecular weight excluding hydrogens is 296 g/mol. The van der Waals surface area contributed by atoms with Crippen molar-refractivity contribution in [1.29, 1.82) is 0 Å². The van der Waals surface area contributed by atoms with Crippen molar-refractivity contribution in [3.63, 3.8) is 0 Å². The lowest BCUT2D eigenvalue weighted by Crippen LogP contribution is -2.48. The van der Waals surface area contributed by atoms with Crippen LogP contribution in [0.15, 0.2) is 29.8 Å². The Balaban J connectivity index is 1.60. The van der Waals surface area contributed by atoms with Crippen LogP contribution in [0.5, 0.6) is 0 Å². The zero-order valence-electron chi connectivity index (χ0n) is 12.7. The summed E-state index contributed by atoms with van der Waals surface area (Å²) < 4.78 is 0. The van der Waals surface area contributed by atoms with Crippen LogP contribution >= 0.6 is 11.3 Å². The van der Waals surface area contributed by atoms with Crippen molar-refractivity contribution in [3.8, 4) is 10.7 Å².